The van der Waals surface area contributed by atoms with Crippen LogP contribution in [0, 0.1) is 6.92 Å². The molecule has 4 heteroatoms. The lowest BCUT2D eigenvalue weighted by atomic mass is 10.1. The van der Waals surface area contributed by atoms with Gasteiger partial charge in [-0.3, -0.25) is 0 Å². The molecule has 2 aromatic rings. The van der Waals surface area contributed by atoms with Gasteiger partial charge >= 0.3 is 5.97 Å². The minimum atomic E-state index is -0.919. The molecule has 0 heterocycles. The van der Waals surface area contributed by atoms with Crippen LogP contribution in [-0.2, 0) is 11.2 Å². The summed E-state index contributed by atoms with van der Waals surface area (Å²) in [5.41, 5.74) is 2.33. The molecule has 0 fully saturated rings. The second-order valence-electron chi connectivity index (χ2n) is 5.63. The van der Waals surface area contributed by atoms with Crippen LogP contribution >= 0.6 is 11.6 Å². The van der Waals surface area contributed by atoms with Crippen LogP contribution in [0.5, 0.6) is 5.75 Å². The Balaban J connectivity index is 1.79. The molecule has 2 aromatic carbocycles. The quantitative estimate of drug-likeness (QED) is 0.700. The van der Waals surface area contributed by atoms with Gasteiger partial charge in [-0.05, 0) is 62.4 Å². The molecule has 0 saturated heterocycles. The molecule has 23 heavy (non-hydrogen) atoms. The third-order valence-corrected chi connectivity index (χ3v) is 3.92. The standard InChI is InChI=1S/C19H21ClO3/c1-14-6-12-17(13-7-14)23-18(19(21)22)5-3-2-4-15-8-10-16(20)11-9-15/h6-13,18H,2-5H2,1H3,(H,21,22). The van der Waals surface area contributed by atoms with E-state index in [-0.39, 0.29) is 0 Å². The SMILES string of the molecule is Cc1ccc(OC(CCCCc2ccc(Cl)cc2)C(=O)O)cc1. The molecule has 1 N–H and O–H groups in total. The zero-order valence-corrected chi connectivity index (χ0v) is 13.9. The fraction of sp³-hybridized carbons (Fsp3) is 0.316. The predicted octanol–water partition coefficient (Wildman–Crippen LogP) is 4.89. The number of rotatable bonds is 8. The first-order valence-electron chi connectivity index (χ1n) is 7.75. The van der Waals surface area contributed by atoms with Gasteiger partial charge in [-0.25, -0.2) is 4.79 Å². The van der Waals surface area contributed by atoms with Crippen molar-refractivity contribution in [1.29, 1.82) is 0 Å². The molecule has 1 atom stereocenters. The lowest BCUT2D eigenvalue weighted by Gasteiger charge is -2.15. The predicted molar refractivity (Wildman–Crippen MR) is 92.2 cm³/mol. The van der Waals surface area contributed by atoms with Crippen LogP contribution in [0.2, 0.25) is 5.02 Å². The van der Waals surface area contributed by atoms with Crippen LogP contribution in [0.3, 0.4) is 0 Å². The summed E-state index contributed by atoms with van der Waals surface area (Å²) < 4.78 is 5.58. The zero-order chi connectivity index (χ0) is 16.7. The van der Waals surface area contributed by atoms with E-state index in [1.54, 1.807) is 12.1 Å². The number of benzene rings is 2. The monoisotopic (exact) mass is 332 g/mol. The smallest absolute Gasteiger partial charge is 0.344 e. The highest BCUT2D eigenvalue weighted by Gasteiger charge is 2.18. The first-order valence-corrected chi connectivity index (χ1v) is 8.13. The van der Waals surface area contributed by atoms with E-state index < -0.39 is 12.1 Å². The number of hydrogen-bond acceptors (Lipinski definition) is 2. The topological polar surface area (TPSA) is 46.5 Å². The van der Waals surface area contributed by atoms with E-state index in [0.717, 1.165) is 29.8 Å². The summed E-state index contributed by atoms with van der Waals surface area (Å²) in [5, 5.41) is 10.0. The maximum absolute atomic E-state index is 11.3. The molecule has 0 bridgehead atoms. The van der Waals surface area contributed by atoms with Crippen molar-refractivity contribution in [2.45, 2.75) is 38.7 Å². The van der Waals surface area contributed by atoms with E-state index >= 15 is 0 Å². The Morgan fingerprint density at radius 3 is 2.35 bits per heavy atom. The van der Waals surface area contributed by atoms with Gasteiger partial charge in [-0.2, -0.15) is 0 Å². The number of halogens is 1. The van der Waals surface area contributed by atoms with E-state index in [0.29, 0.717) is 12.2 Å². The highest BCUT2D eigenvalue weighted by Crippen LogP contribution is 2.17. The van der Waals surface area contributed by atoms with Crippen molar-refractivity contribution in [3.63, 3.8) is 0 Å². The van der Waals surface area contributed by atoms with Crippen LogP contribution in [0.1, 0.15) is 30.4 Å². The molecule has 3 nitrogen and oxygen atoms in total. The first-order chi connectivity index (χ1) is 11.0. The van der Waals surface area contributed by atoms with Crippen LogP contribution < -0.4 is 4.74 Å². The molecule has 0 spiro atoms. The van der Waals surface area contributed by atoms with Crippen molar-refractivity contribution < 1.29 is 14.6 Å². The second-order valence-corrected chi connectivity index (χ2v) is 6.07. The van der Waals surface area contributed by atoms with Crippen molar-refractivity contribution in [1.82, 2.24) is 0 Å². The Bertz CT molecular complexity index is 620. The molecule has 1 unspecified atom stereocenters. The zero-order valence-electron chi connectivity index (χ0n) is 13.2. The Labute approximate surface area is 141 Å². The van der Waals surface area contributed by atoms with Gasteiger partial charge in [0, 0.05) is 5.02 Å². The Kier molecular flexibility index (Phi) is 6.48. The molecule has 0 aliphatic rings. The molecule has 0 amide bonds. The maximum Gasteiger partial charge on any atom is 0.344 e. The summed E-state index contributed by atoms with van der Waals surface area (Å²) in [5.74, 6) is -0.322. The number of carboxylic acid groups (broad SMARTS) is 1. The van der Waals surface area contributed by atoms with Crippen LogP contribution in [0.25, 0.3) is 0 Å². The summed E-state index contributed by atoms with van der Waals surface area (Å²) in [7, 11) is 0. The molecule has 0 aliphatic carbocycles. The van der Waals surface area contributed by atoms with E-state index in [1.807, 2.05) is 43.3 Å². The van der Waals surface area contributed by atoms with E-state index in [2.05, 4.69) is 0 Å². The largest absolute Gasteiger partial charge is 0.479 e. The normalized spacial score (nSPS) is 11.9. The Morgan fingerprint density at radius 1 is 1.09 bits per heavy atom. The van der Waals surface area contributed by atoms with Gasteiger partial charge in [0.1, 0.15) is 5.75 Å². The molecule has 122 valence electrons. The molecule has 2 rings (SSSR count). The Morgan fingerprint density at radius 2 is 1.74 bits per heavy atom. The summed E-state index contributed by atoms with van der Waals surface area (Å²) in [4.78, 5) is 11.3. The van der Waals surface area contributed by atoms with Gasteiger partial charge in [0.15, 0.2) is 6.10 Å². The summed E-state index contributed by atoms with van der Waals surface area (Å²) in [6.07, 6.45) is 2.32. The number of hydrogen-bond donors (Lipinski definition) is 1. The molecule has 0 saturated carbocycles. The van der Waals surface area contributed by atoms with Crippen molar-refractivity contribution >= 4 is 17.6 Å². The van der Waals surface area contributed by atoms with E-state index in [1.165, 1.54) is 5.56 Å². The third-order valence-electron chi connectivity index (χ3n) is 3.67. The highest BCUT2D eigenvalue weighted by atomic mass is 35.5. The average molecular weight is 333 g/mol. The minimum absolute atomic E-state index is 0.497. The van der Waals surface area contributed by atoms with Crippen molar-refractivity contribution in [3.05, 3.63) is 64.7 Å². The van der Waals surface area contributed by atoms with Crippen LogP contribution in [0.15, 0.2) is 48.5 Å². The number of aryl methyl sites for hydroxylation is 2. The van der Waals surface area contributed by atoms with Gasteiger partial charge in [-0.15, -0.1) is 0 Å². The molecular formula is C19H21ClO3. The van der Waals surface area contributed by atoms with Gasteiger partial charge in [0.05, 0.1) is 0 Å². The van der Waals surface area contributed by atoms with E-state index in [4.69, 9.17) is 16.3 Å². The number of carbonyl (C=O) groups is 1. The molecule has 0 aromatic heterocycles. The molecule has 0 radical (unpaired) electrons. The maximum atomic E-state index is 11.3. The number of ether oxygens (including phenoxy) is 1. The van der Waals surface area contributed by atoms with Gasteiger partial charge in [0.25, 0.3) is 0 Å². The summed E-state index contributed by atoms with van der Waals surface area (Å²) in [6, 6.07) is 15.2. The lowest BCUT2D eigenvalue weighted by molar-refractivity contribution is -0.145. The van der Waals surface area contributed by atoms with Crippen molar-refractivity contribution in [2.24, 2.45) is 0 Å². The van der Waals surface area contributed by atoms with Crippen molar-refractivity contribution in [2.75, 3.05) is 0 Å². The highest BCUT2D eigenvalue weighted by molar-refractivity contribution is 6.30. The number of carboxylic acids is 1. The van der Waals surface area contributed by atoms with E-state index in [9.17, 15) is 9.90 Å². The van der Waals surface area contributed by atoms with Crippen LogP contribution in [-0.4, -0.2) is 17.2 Å². The fourth-order valence-corrected chi connectivity index (χ4v) is 2.45. The lowest BCUT2D eigenvalue weighted by Crippen LogP contribution is -2.26. The average Bonchev–Trinajstić information content (AvgIpc) is 2.53. The summed E-state index contributed by atoms with van der Waals surface area (Å²) in [6.45, 7) is 1.98. The third kappa shape index (κ3) is 5.95. The number of unbranched alkanes of at least 4 members (excludes halogenated alkanes) is 1. The summed E-state index contributed by atoms with van der Waals surface area (Å²) >= 11 is 5.85. The molecule has 0 aliphatic heterocycles. The van der Waals surface area contributed by atoms with Gasteiger partial charge in [-0.1, -0.05) is 41.4 Å². The fourth-order valence-electron chi connectivity index (χ4n) is 2.32. The number of aliphatic carboxylic acids is 1. The Hall–Kier alpha value is -2.00. The van der Waals surface area contributed by atoms with Gasteiger partial charge in [0.2, 0.25) is 0 Å². The van der Waals surface area contributed by atoms with Crippen molar-refractivity contribution in [3.8, 4) is 5.75 Å². The molecular weight excluding hydrogens is 312 g/mol. The first kappa shape index (κ1) is 17.4. The van der Waals surface area contributed by atoms with Gasteiger partial charge < -0.3 is 9.84 Å². The second kappa shape index (κ2) is 8.59. The van der Waals surface area contributed by atoms with Crippen LogP contribution in [0.4, 0.5) is 0 Å². The minimum Gasteiger partial charge on any atom is -0.479 e.